The van der Waals surface area contributed by atoms with Gasteiger partial charge in [-0.15, -0.1) is 0 Å². The molecule has 0 aliphatic heterocycles. The van der Waals surface area contributed by atoms with Gasteiger partial charge in [-0.2, -0.15) is 5.10 Å². The van der Waals surface area contributed by atoms with Crippen molar-refractivity contribution in [3.05, 3.63) is 95.8 Å². The SMILES string of the molecule is O=C(c1cccc(F)c1-c1cc(-c2ccc(F)cc2)[nH]n1)N(CCc1ccccn1)C[C@@H](O)CO. The van der Waals surface area contributed by atoms with Crippen molar-refractivity contribution >= 4 is 5.91 Å². The van der Waals surface area contributed by atoms with Crippen molar-refractivity contribution in [1.29, 1.82) is 0 Å². The lowest BCUT2D eigenvalue weighted by Crippen LogP contribution is -2.40. The van der Waals surface area contributed by atoms with E-state index in [2.05, 4.69) is 15.2 Å². The van der Waals surface area contributed by atoms with Crippen LogP contribution < -0.4 is 0 Å². The summed E-state index contributed by atoms with van der Waals surface area (Å²) in [4.78, 5) is 19.2. The Hall–Kier alpha value is -3.95. The fourth-order valence-corrected chi connectivity index (χ4v) is 3.74. The van der Waals surface area contributed by atoms with Gasteiger partial charge in [-0.05, 0) is 60.2 Å². The van der Waals surface area contributed by atoms with Gasteiger partial charge in [0.05, 0.1) is 35.2 Å². The van der Waals surface area contributed by atoms with Crippen molar-refractivity contribution in [2.24, 2.45) is 0 Å². The Morgan fingerprint density at radius 1 is 1.06 bits per heavy atom. The summed E-state index contributed by atoms with van der Waals surface area (Å²) in [5.74, 6) is -1.54. The summed E-state index contributed by atoms with van der Waals surface area (Å²) in [5, 5.41) is 26.4. The number of hydrogen-bond acceptors (Lipinski definition) is 5. The summed E-state index contributed by atoms with van der Waals surface area (Å²) in [6, 6.07) is 16.9. The highest BCUT2D eigenvalue weighted by molar-refractivity contribution is 6.00. The van der Waals surface area contributed by atoms with Gasteiger partial charge in [0.2, 0.25) is 0 Å². The minimum atomic E-state index is -1.16. The third-order valence-electron chi connectivity index (χ3n) is 5.53. The van der Waals surface area contributed by atoms with E-state index in [9.17, 15) is 19.4 Å². The predicted octanol–water partition coefficient (Wildman–Crippen LogP) is 3.46. The van der Waals surface area contributed by atoms with E-state index in [1.54, 1.807) is 30.5 Å². The molecule has 0 unspecified atom stereocenters. The zero-order valence-electron chi connectivity index (χ0n) is 18.7. The van der Waals surface area contributed by atoms with E-state index >= 15 is 4.39 Å². The molecular weight excluding hydrogens is 454 g/mol. The van der Waals surface area contributed by atoms with Gasteiger partial charge in [-0.3, -0.25) is 14.9 Å². The number of aliphatic hydroxyl groups is 2. The lowest BCUT2D eigenvalue weighted by Gasteiger charge is -2.25. The Morgan fingerprint density at radius 3 is 2.57 bits per heavy atom. The number of pyridine rings is 1. The van der Waals surface area contributed by atoms with Gasteiger partial charge in [0.15, 0.2) is 0 Å². The number of rotatable bonds is 9. The molecule has 2 aromatic heterocycles. The fraction of sp³-hybridized carbons (Fsp3) is 0.192. The average molecular weight is 478 g/mol. The summed E-state index contributed by atoms with van der Waals surface area (Å²) >= 11 is 0. The van der Waals surface area contributed by atoms with Crippen LogP contribution in [0.5, 0.6) is 0 Å². The van der Waals surface area contributed by atoms with Gasteiger partial charge < -0.3 is 15.1 Å². The Bertz CT molecular complexity index is 1280. The molecule has 2 heterocycles. The smallest absolute Gasteiger partial charge is 0.254 e. The van der Waals surface area contributed by atoms with Crippen LogP contribution >= 0.6 is 0 Å². The first-order valence-corrected chi connectivity index (χ1v) is 11.0. The summed E-state index contributed by atoms with van der Waals surface area (Å²) in [6.07, 6.45) is 0.896. The quantitative estimate of drug-likeness (QED) is 0.342. The maximum atomic E-state index is 15.0. The zero-order chi connectivity index (χ0) is 24.8. The molecular formula is C26H24F2N4O3. The van der Waals surface area contributed by atoms with Crippen LogP contribution in [0, 0.1) is 11.6 Å². The molecule has 180 valence electrons. The number of aliphatic hydroxyl groups excluding tert-OH is 2. The van der Waals surface area contributed by atoms with Crippen LogP contribution in [0.2, 0.25) is 0 Å². The number of carbonyl (C=O) groups excluding carboxylic acids is 1. The molecule has 1 atom stereocenters. The van der Waals surface area contributed by atoms with Crippen molar-refractivity contribution in [1.82, 2.24) is 20.1 Å². The normalized spacial score (nSPS) is 11.9. The molecule has 0 aliphatic rings. The molecule has 4 rings (SSSR count). The van der Waals surface area contributed by atoms with E-state index < -0.39 is 24.4 Å². The molecule has 0 spiro atoms. The van der Waals surface area contributed by atoms with E-state index in [1.807, 2.05) is 12.1 Å². The standard InChI is InChI=1S/C26H24F2N4O3/c27-18-9-7-17(8-10-18)23-14-24(31-30-23)25-21(5-3-6-22(25)28)26(35)32(15-20(34)16-33)13-11-19-4-1-2-12-29-19/h1-10,12,14,20,33-34H,11,13,15-16H2,(H,30,31)/t20-/m1/s1. The first-order valence-electron chi connectivity index (χ1n) is 11.0. The molecule has 3 N–H and O–H groups in total. The second-order valence-electron chi connectivity index (χ2n) is 7.99. The molecule has 0 fully saturated rings. The van der Waals surface area contributed by atoms with Gasteiger partial charge >= 0.3 is 0 Å². The molecule has 0 radical (unpaired) electrons. The van der Waals surface area contributed by atoms with Crippen molar-refractivity contribution in [3.63, 3.8) is 0 Å². The Morgan fingerprint density at radius 2 is 1.86 bits per heavy atom. The van der Waals surface area contributed by atoms with Gasteiger partial charge in [0.1, 0.15) is 11.6 Å². The van der Waals surface area contributed by atoms with Crippen LogP contribution in [0.4, 0.5) is 8.78 Å². The summed E-state index contributed by atoms with van der Waals surface area (Å²) in [6.45, 7) is -0.465. The third kappa shape index (κ3) is 5.76. The van der Waals surface area contributed by atoms with Crippen LogP contribution in [-0.4, -0.2) is 62.0 Å². The van der Waals surface area contributed by atoms with Crippen molar-refractivity contribution < 1.29 is 23.8 Å². The molecule has 0 saturated carbocycles. The van der Waals surface area contributed by atoms with Crippen LogP contribution in [-0.2, 0) is 6.42 Å². The largest absolute Gasteiger partial charge is 0.394 e. The predicted molar refractivity (Wildman–Crippen MR) is 126 cm³/mol. The maximum absolute atomic E-state index is 15.0. The van der Waals surface area contributed by atoms with Crippen molar-refractivity contribution in [2.75, 3.05) is 19.7 Å². The zero-order valence-corrected chi connectivity index (χ0v) is 18.7. The van der Waals surface area contributed by atoms with Crippen LogP contribution in [0.3, 0.4) is 0 Å². The number of nitrogens with zero attached hydrogens (tertiary/aromatic N) is 3. The number of benzene rings is 2. The Kier molecular flexibility index (Phi) is 7.59. The molecule has 7 nitrogen and oxygen atoms in total. The summed E-state index contributed by atoms with van der Waals surface area (Å²) in [5.41, 5.74) is 2.20. The highest BCUT2D eigenvalue weighted by Crippen LogP contribution is 2.30. The maximum Gasteiger partial charge on any atom is 0.254 e. The van der Waals surface area contributed by atoms with Gasteiger partial charge in [0.25, 0.3) is 5.91 Å². The minimum absolute atomic E-state index is 0.00318. The van der Waals surface area contributed by atoms with Gasteiger partial charge in [-0.25, -0.2) is 8.78 Å². The molecule has 0 bridgehead atoms. The van der Waals surface area contributed by atoms with Crippen molar-refractivity contribution in [2.45, 2.75) is 12.5 Å². The molecule has 0 saturated heterocycles. The van der Waals surface area contributed by atoms with Gasteiger partial charge in [-0.1, -0.05) is 12.1 Å². The molecule has 9 heteroatoms. The minimum Gasteiger partial charge on any atom is -0.394 e. The molecule has 2 aromatic carbocycles. The van der Waals surface area contributed by atoms with Crippen molar-refractivity contribution in [3.8, 4) is 22.5 Å². The van der Waals surface area contributed by atoms with E-state index in [4.69, 9.17) is 0 Å². The summed E-state index contributed by atoms with van der Waals surface area (Å²) < 4.78 is 28.3. The first kappa shape index (κ1) is 24.2. The average Bonchev–Trinajstić information content (AvgIpc) is 3.36. The van der Waals surface area contributed by atoms with Gasteiger partial charge in [0, 0.05) is 31.4 Å². The second kappa shape index (κ2) is 11.0. The van der Waals surface area contributed by atoms with E-state index in [0.29, 0.717) is 17.7 Å². The van der Waals surface area contributed by atoms with E-state index in [0.717, 1.165) is 5.69 Å². The number of carbonyl (C=O) groups is 1. The Balaban J connectivity index is 1.66. The number of amides is 1. The molecule has 4 aromatic rings. The number of aromatic amines is 1. The molecule has 0 aliphatic carbocycles. The highest BCUT2D eigenvalue weighted by atomic mass is 19.1. The number of hydrogen-bond donors (Lipinski definition) is 3. The number of aromatic nitrogens is 3. The van der Waals surface area contributed by atoms with E-state index in [1.165, 1.54) is 35.2 Å². The number of H-pyrrole nitrogens is 1. The van der Waals surface area contributed by atoms with Crippen LogP contribution in [0.15, 0.2) is 72.9 Å². The lowest BCUT2D eigenvalue weighted by atomic mass is 10.0. The van der Waals surface area contributed by atoms with Crippen LogP contribution in [0.1, 0.15) is 16.1 Å². The fourth-order valence-electron chi connectivity index (χ4n) is 3.74. The highest BCUT2D eigenvalue weighted by Gasteiger charge is 2.25. The third-order valence-corrected chi connectivity index (χ3v) is 5.53. The Labute approximate surface area is 200 Å². The number of halogens is 2. The van der Waals surface area contributed by atoms with Crippen LogP contribution in [0.25, 0.3) is 22.5 Å². The molecule has 1 amide bonds. The topological polar surface area (TPSA) is 102 Å². The second-order valence-corrected chi connectivity index (χ2v) is 7.99. The lowest BCUT2D eigenvalue weighted by molar-refractivity contribution is 0.0461. The first-order chi connectivity index (χ1) is 17.0. The molecule has 35 heavy (non-hydrogen) atoms. The number of nitrogens with one attached hydrogen (secondary N) is 1. The van der Waals surface area contributed by atoms with E-state index in [-0.39, 0.29) is 35.7 Å². The monoisotopic (exact) mass is 478 g/mol. The summed E-state index contributed by atoms with van der Waals surface area (Å²) in [7, 11) is 0.